The average molecular weight is 265 g/mol. The van der Waals surface area contributed by atoms with Crippen LogP contribution in [-0.2, 0) is 4.79 Å². The van der Waals surface area contributed by atoms with Crippen LogP contribution >= 0.6 is 0 Å². The Morgan fingerprint density at radius 1 is 1.21 bits per heavy atom. The zero-order valence-corrected chi connectivity index (χ0v) is 10.7. The molecule has 19 heavy (non-hydrogen) atoms. The van der Waals surface area contributed by atoms with Crippen molar-refractivity contribution in [2.75, 3.05) is 6.54 Å². The zero-order valence-electron chi connectivity index (χ0n) is 10.7. The quantitative estimate of drug-likeness (QED) is 0.289. The van der Waals surface area contributed by atoms with Crippen LogP contribution in [-0.4, -0.2) is 34.6 Å². The number of hydrazine groups is 1. The van der Waals surface area contributed by atoms with Crippen LogP contribution in [0.15, 0.2) is 30.3 Å². The highest BCUT2D eigenvalue weighted by Crippen LogP contribution is 2.10. The van der Waals surface area contributed by atoms with E-state index in [2.05, 4.69) is 0 Å². The first-order valence-corrected chi connectivity index (χ1v) is 6.14. The lowest BCUT2D eigenvalue weighted by molar-refractivity contribution is -0.142. The number of benzene rings is 1. The number of hydrogen-bond donors (Lipinski definition) is 3. The summed E-state index contributed by atoms with van der Waals surface area (Å²) in [6.45, 7) is 0.490. The highest BCUT2D eigenvalue weighted by Gasteiger charge is 2.27. The van der Waals surface area contributed by atoms with Gasteiger partial charge in [-0.1, -0.05) is 18.2 Å². The summed E-state index contributed by atoms with van der Waals surface area (Å²) in [7, 11) is 0. The topological polar surface area (TPSA) is 110 Å². The molecule has 0 radical (unpaired) electrons. The smallest absolute Gasteiger partial charge is 0.328 e. The first-order chi connectivity index (χ1) is 9.07. The van der Waals surface area contributed by atoms with Crippen molar-refractivity contribution in [3.8, 4) is 0 Å². The molecule has 1 aromatic rings. The van der Waals surface area contributed by atoms with Gasteiger partial charge in [0.05, 0.1) is 0 Å². The van der Waals surface area contributed by atoms with E-state index in [1.54, 1.807) is 30.3 Å². The molecule has 104 valence electrons. The lowest BCUT2D eigenvalue weighted by atomic mass is 10.1. The molecular formula is C13H19N3O3. The van der Waals surface area contributed by atoms with E-state index in [1.807, 2.05) is 0 Å². The number of carboxylic acids is 1. The molecule has 5 N–H and O–H groups in total. The Morgan fingerprint density at radius 3 is 2.37 bits per heavy atom. The molecule has 0 bridgehead atoms. The van der Waals surface area contributed by atoms with Crippen molar-refractivity contribution in [3.05, 3.63) is 35.9 Å². The molecule has 0 aliphatic carbocycles. The molecule has 0 aliphatic rings. The standard InChI is InChI=1S/C13H19N3O3/c14-9-5-4-8-11(13(18)19)16(15)12(17)10-6-2-1-3-7-10/h1-3,6-7,11H,4-5,8-9,14-15H2,(H,18,19)/t11-/m0/s1. The molecule has 1 rings (SSSR count). The van der Waals surface area contributed by atoms with Crippen molar-refractivity contribution >= 4 is 11.9 Å². The van der Waals surface area contributed by atoms with Gasteiger partial charge in [0.25, 0.3) is 5.91 Å². The molecule has 0 spiro atoms. The molecule has 0 saturated heterocycles. The van der Waals surface area contributed by atoms with E-state index in [1.165, 1.54) is 0 Å². The van der Waals surface area contributed by atoms with Crippen molar-refractivity contribution in [1.29, 1.82) is 0 Å². The van der Waals surface area contributed by atoms with E-state index < -0.39 is 17.9 Å². The lowest BCUT2D eigenvalue weighted by Gasteiger charge is -2.24. The van der Waals surface area contributed by atoms with Crippen molar-refractivity contribution in [2.45, 2.75) is 25.3 Å². The number of nitrogens with two attached hydrogens (primary N) is 2. The molecule has 0 saturated carbocycles. The van der Waals surface area contributed by atoms with Gasteiger partial charge in [0.15, 0.2) is 0 Å². The number of carbonyl (C=O) groups excluding carboxylic acids is 1. The molecule has 1 atom stereocenters. The molecule has 0 aromatic heterocycles. The van der Waals surface area contributed by atoms with Gasteiger partial charge in [0.2, 0.25) is 0 Å². The van der Waals surface area contributed by atoms with Gasteiger partial charge in [-0.3, -0.25) is 9.80 Å². The normalized spacial score (nSPS) is 11.9. The Hall–Kier alpha value is -1.92. The van der Waals surface area contributed by atoms with Crippen LogP contribution < -0.4 is 11.6 Å². The number of hydrogen-bond acceptors (Lipinski definition) is 4. The highest BCUT2D eigenvalue weighted by atomic mass is 16.4. The van der Waals surface area contributed by atoms with Crippen molar-refractivity contribution in [1.82, 2.24) is 5.01 Å². The maximum atomic E-state index is 12.0. The summed E-state index contributed by atoms with van der Waals surface area (Å²) < 4.78 is 0. The van der Waals surface area contributed by atoms with Crippen LogP contribution in [0.2, 0.25) is 0 Å². The summed E-state index contributed by atoms with van der Waals surface area (Å²) in [5, 5.41) is 9.92. The maximum absolute atomic E-state index is 12.0. The summed E-state index contributed by atoms with van der Waals surface area (Å²) in [6, 6.07) is 7.34. The molecule has 6 heteroatoms. The van der Waals surface area contributed by atoms with Crippen molar-refractivity contribution in [2.24, 2.45) is 11.6 Å². The SMILES string of the molecule is NCCCC[C@@H](C(=O)O)N(N)C(=O)c1ccccc1. The van der Waals surface area contributed by atoms with Crippen LogP contribution in [0.5, 0.6) is 0 Å². The Bertz CT molecular complexity index is 422. The fourth-order valence-electron chi connectivity index (χ4n) is 1.73. The molecule has 0 aliphatic heterocycles. The van der Waals surface area contributed by atoms with Crippen LogP contribution in [0.1, 0.15) is 29.6 Å². The summed E-state index contributed by atoms with van der Waals surface area (Å²) in [5.74, 6) is 4.04. The van der Waals surface area contributed by atoms with Crippen molar-refractivity contribution < 1.29 is 14.7 Å². The number of carbonyl (C=O) groups is 2. The minimum atomic E-state index is -1.11. The second kappa shape index (κ2) is 7.50. The zero-order chi connectivity index (χ0) is 14.3. The van der Waals surface area contributed by atoms with Gasteiger partial charge in [0.1, 0.15) is 6.04 Å². The highest BCUT2D eigenvalue weighted by molar-refractivity contribution is 5.96. The average Bonchev–Trinajstić information content (AvgIpc) is 2.42. The molecule has 1 aromatic carbocycles. The van der Waals surface area contributed by atoms with Crippen LogP contribution in [0.4, 0.5) is 0 Å². The summed E-state index contributed by atoms with van der Waals surface area (Å²) in [6.07, 6.45) is 1.61. The largest absolute Gasteiger partial charge is 0.480 e. The number of carboxylic acid groups (broad SMARTS) is 1. The van der Waals surface area contributed by atoms with E-state index in [4.69, 9.17) is 16.7 Å². The number of nitrogens with zero attached hydrogens (tertiary/aromatic N) is 1. The van der Waals surface area contributed by atoms with E-state index in [9.17, 15) is 9.59 Å². The van der Waals surface area contributed by atoms with Crippen LogP contribution in [0, 0.1) is 0 Å². The van der Waals surface area contributed by atoms with Crippen molar-refractivity contribution in [3.63, 3.8) is 0 Å². The Balaban J connectivity index is 2.73. The van der Waals surface area contributed by atoms with E-state index in [0.717, 1.165) is 5.01 Å². The summed E-state index contributed by atoms with van der Waals surface area (Å²) in [5.41, 5.74) is 5.73. The van der Waals surface area contributed by atoms with E-state index in [-0.39, 0.29) is 0 Å². The Kier molecular flexibility index (Phi) is 5.98. The lowest BCUT2D eigenvalue weighted by Crippen LogP contribution is -2.49. The first-order valence-electron chi connectivity index (χ1n) is 6.14. The van der Waals surface area contributed by atoms with Gasteiger partial charge in [0, 0.05) is 5.56 Å². The molecule has 0 fully saturated rings. The van der Waals surface area contributed by atoms with Crippen LogP contribution in [0.25, 0.3) is 0 Å². The number of aliphatic carboxylic acids is 1. The summed E-state index contributed by atoms with van der Waals surface area (Å²) >= 11 is 0. The molecule has 0 unspecified atom stereocenters. The van der Waals surface area contributed by atoms with Gasteiger partial charge in [-0.05, 0) is 37.9 Å². The molecular weight excluding hydrogens is 246 g/mol. The molecule has 6 nitrogen and oxygen atoms in total. The predicted molar refractivity (Wildman–Crippen MR) is 71.1 cm³/mol. The third-order valence-electron chi connectivity index (χ3n) is 2.81. The van der Waals surface area contributed by atoms with Gasteiger partial charge in [-0.2, -0.15) is 0 Å². The molecule has 0 heterocycles. The Morgan fingerprint density at radius 2 is 1.84 bits per heavy atom. The molecule has 1 amide bonds. The third kappa shape index (κ3) is 4.35. The number of rotatable bonds is 7. The van der Waals surface area contributed by atoms with E-state index >= 15 is 0 Å². The fraction of sp³-hybridized carbons (Fsp3) is 0.385. The van der Waals surface area contributed by atoms with Gasteiger partial charge < -0.3 is 10.8 Å². The summed E-state index contributed by atoms with van der Waals surface area (Å²) in [4.78, 5) is 23.2. The maximum Gasteiger partial charge on any atom is 0.328 e. The van der Waals surface area contributed by atoms with Gasteiger partial charge in [-0.15, -0.1) is 0 Å². The van der Waals surface area contributed by atoms with Crippen LogP contribution in [0.3, 0.4) is 0 Å². The second-order valence-corrected chi connectivity index (χ2v) is 4.22. The number of unbranched alkanes of at least 4 members (excludes halogenated alkanes) is 1. The first kappa shape index (κ1) is 15.1. The third-order valence-corrected chi connectivity index (χ3v) is 2.81. The minimum absolute atomic E-state index is 0.293. The van der Waals surface area contributed by atoms with Gasteiger partial charge >= 0.3 is 5.97 Å². The van der Waals surface area contributed by atoms with E-state index in [0.29, 0.717) is 31.4 Å². The minimum Gasteiger partial charge on any atom is -0.480 e. The number of amides is 1. The monoisotopic (exact) mass is 265 g/mol. The fourth-order valence-corrected chi connectivity index (χ4v) is 1.73. The predicted octanol–water partition coefficient (Wildman–Crippen LogP) is 0.585. The van der Waals surface area contributed by atoms with Gasteiger partial charge in [-0.25, -0.2) is 10.6 Å². The Labute approximate surface area is 112 Å². The second-order valence-electron chi connectivity index (χ2n) is 4.22.